The Labute approximate surface area is 210 Å². The van der Waals surface area contributed by atoms with Gasteiger partial charge in [0.05, 0.1) is 0 Å². The van der Waals surface area contributed by atoms with Crippen LogP contribution in [0.1, 0.15) is 39.7 Å². The molecule has 1 aromatic heterocycles. The van der Waals surface area contributed by atoms with Gasteiger partial charge in [-0.2, -0.15) is 0 Å². The van der Waals surface area contributed by atoms with E-state index in [1.807, 2.05) is 27.7 Å². The van der Waals surface area contributed by atoms with E-state index in [2.05, 4.69) is 51.0 Å². The summed E-state index contributed by atoms with van der Waals surface area (Å²) in [5, 5.41) is 0.557. The molecule has 1 saturated heterocycles. The predicted octanol–water partition coefficient (Wildman–Crippen LogP) is 4.73. The van der Waals surface area contributed by atoms with E-state index >= 15 is 0 Å². The number of ether oxygens (including phenoxy) is 2. The van der Waals surface area contributed by atoms with Gasteiger partial charge in [-0.1, -0.05) is 25.4 Å². The van der Waals surface area contributed by atoms with E-state index in [1.165, 1.54) is 5.69 Å². The largest absolute Gasteiger partial charge is 0.369 e. The van der Waals surface area contributed by atoms with E-state index in [1.54, 1.807) is 0 Å². The van der Waals surface area contributed by atoms with Crippen molar-refractivity contribution >= 4 is 23.1 Å². The molecule has 0 radical (unpaired) electrons. The minimum absolute atomic E-state index is 0.187. The second-order valence-corrected chi connectivity index (χ2v) is 8.70. The summed E-state index contributed by atoms with van der Waals surface area (Å²) in [6.07, 6.45) is 1.47. The van der Waals surface area contributed by atoms with Crippen molar-refractivity contribution in [3.8, 4) is 11.4 Å². The van der Waals surface area contributed by atoms with Crippen molar-refractivity contribution in [1.29, 1.82) is 0 Å². The molecule has 34 heavy (non-hydrogen) atoms. The molecule has 0 spiro atoms. The maximum atomic E-state index is 6.58. The second kappa shape index (κ2) is 13.2. The summed E-state index contributed by atoms with van der Waals surface area (Å²) < 4.78 is 11.4. The van der Waals surface area contributed by atoms with Gasteiger partial charge in [0.1, 0.15) is 11.0 Å². The lowest BCUT2D eigenvalue weighted by molar-refractivity contribution is -0.138. The number of rotatable bonds is 9. The molecule has 0 amide bonds. The van der Waals surface area contributed by atoms with Gasteiger partial charge in [-0.15, -0.1) is 0 Å². The normalized spacial score (nSPS) is 16.0. The molecular formula is C26H40ClN5O2. The molecule has 0 aliphatic carbocycles. The number of aromatic nitrogens is 2. The zero-order chi connectivity index (χ0) is 24.5. The Bertz CT molecular complexity index is 882. The van der Waals surface area contributed by atoms with Crippen molar-refractivity contribution in [3.05, 3.63) is 35.0 Å². The summed E-state index contributed by atoms with van der Waals surface area (Å²) in [5.74, 6) is 1.62. The summed E-state index contributed by atoms with van der Waals surface area (Å²) in [5.41, 5.74) is 3.27. The third-order valence-electron chi connectivity index (χ3n) is 6.20. The van der Waals surface area contributed by atoms with E-state index in [0.717, 1.165) is 69.1 Å². The third kappa shape index (κ3) is 6.60. The molecule has 2 aliphatic rings. The topological polar surface area (TPSA) is 54.0 Å². The quantitative estimate of drug-likeness (QED) is 0.373. The first-order valence-electron chi connectivity index (χ1n) is 12.7. The van der Waals surface area contributed by atoms with E-state index in [4.69, 9.17) is 26.1 Å². The molecular weight excluding hydrogens is 450 g/mol. The van der Waals surface area contributed by atoms with Crippen molar-refractivity contribution in [3.63, 3.8) is 0 Å². The van der Waals surface area contributed by atoms with Crippen LogP contribution < -0.4 is 9.80 Å². The van der Waals surface area contributed by atoms with Crippen molar-refractivity contribution < 1.29 is 9.47 Å². The molecule has 0 saturated carbocycles. The summed E-state index contributed by atoms with van der Waals surface area (Å²) in [6, 6.07) is 8.53. The summed E-state index contributed by atoms with van der Waals surface area (Å²) in [6.45, 7) is 15.3. The van der Waals surface area contributed by atoms with Crippen molar-refractivity contribution in [2.45, 2.75) is 46.8 Å². The van der Waals surface area contributed by atoms with E-state index in [0.29, 0.717) is 24.2 Å². The number of hydrogen-bond donors (Lipinski definition) is 0. The van der Waals surface area contributed by atoms with Crippen LogP contribution in [-0.2, 0) is 15.9 Å². The van der Waals surface area contributed by atoms with Gasteiger partial charge in [0.2, 0.25) is 0 Å². The van der Waals surface area contributed by atoms with Gasteiger partial charge in [-0.05, 0) is 51.6 Å². The van der Waals surface area contributed by atoms with Crippen LogP contribution in [0.25, 0.3) is 11.4 Å². The number of fused-ring (bicyclic) bond motifs is 1. The predicted molar refractivity (Wildman–Crippen MR) is 141 cm³/mol. The van der Waals surface area contributed by atoms with Crippen LogP contribution in [0, 0.1) is 0 Å². The molecule has 2 aliphatic heterocycles. The molecule has 3 heterocycles. The summed E-state index contributed by atoms with van der Waals surface area (Å²) >= 11 is 6.58. The summed E-state index contributed by atoms with van der Waals surface area (Å²) in [7, 11) is 2.17. The molecule has 1 aromatic carbocycles. The fraction of sp³-hybridized carbons (Fsp3) is 0.615. The van der Waals surface area contributed by atoms with Gasteiger partial charge in [0.15, 0.2) is 12.1 Å². The van der Waals surface area contributed by atoms with Gasteiger partial charge in [-0.3, -0.25) is 0 Å². The van der Waals surface area contributed by atoms with Crippen LogP contribution in [0.3, 0.4) is 0 Å². The van der Waals surface area contributed by atoms with Crippen LogP contribution in [0.15, 0.2) is 24.3 Å². The minimum atomic E-state index is -0.187. The highest BCUT2D eigenvalue weighted by atomic mass is 35.5. The highest BCUT2D eigenvalue weighted by molar-refractivity contribution is 6.30. The second-order valence-electron chi connectivity index (χ2n) is 8.34. The molecule has 0 bridgehead atoms. The molecule has 7 nitrogen and oxygen atoms in total. The number of likely N-dealkylation sites (N-methyl/N-ethyl adjacent to an activating group) is 1. The molecule has 2 aromatic rings. The maximum absolute atomic E-state index is 6.58. The highest BCUT2D eigenvalue weighted by Gasteiger charge is 2.26. The Balaban J connectivity index is 0.00000158. The Morgan fingerprint density at radius 2 is 1.59 bits per heavy atom. The fourth-order valence-electron chi connectivity index (χ4n) is 4.36. The molecule has 0 N–H and O–H groups in total. The Hall–Kier alpha value is -1.93. The minimum Gasteiger partial charge on any atom is -0.369 e. The van der Waals surface area contributed by atoms with Gasteiger partial charge in [0, 0.05) is 75.7 Å². The lowest BCUT2D eigenvalue weighted by atomic mass is 10.1. The van der Waals surface area contributed by atoms with Gasteiger partial charge in [-0.25, -0.2) is 9.97 Å². The van der Waals surface area contributed by atoms with E-state index < -0.39 is 0 Å². The van der Waals surface area contributed by atoms with E-state index in [9.17, 15) is 0 Å². The number of nitrogens with zero attached hydrogens (tertiary/aromatic N) is 5. The zero-order valence-corrected chi connectivity index (χ0v) is 22.1. The molecule has 1 fully saturated rings. The first-order valence-corrected chi connectivity index (χ1v) is 13.0. The first-order chi connectivity index (χ1) is 16.6. The molecule has 0 atom stereocenters. The molecule has 8 heteroatoms. The average molecular weight is 490 g/mol. The summed E-state index contributed by atoms with van der Waals surface area (Å²) in [4.78, 5) is 16.6. The fourth-order valence-corrected chi connectivity index (χ4v) is 4.61. The standard InChI is InChI=1S/C24H34ClN5O2.C2H6/c1-4-31-21(32-5-2)11-13-30-12-10-20-22(25)26-23(27-24(20)30)18-6-8-19(9-7-18)29-16-14-28(3)15-17-29;1-2/h6-9,21H,4-5,10-17H2,1-3H3;1-2H3. The Kier molecular flexibility index (Phi) is 10.4. The number of halogens is 1. The number of benzene rings is 1. The van der Waals surface area contributed by atoms with Crippen LogP contribution in [-0.4, -0.2) is 80.7 Å². The number of hydrogen-bond acceptors (Lipinski definition) is 7. The highest BCUT2D eigenvalue weighted by Crippen LogP contribution is 2.33. The number of piperazine rings is 1. The van der Waals surface area contributed by atoms with Crippen LogP contribution in [0.2, 0.25) is 5.15 Å². The average Bonchev–Trinajstić information content (AvgIpc) is 3.28. The number of anilines is 2. The first kappa shape index (κ1) is 26.7. The third-order valence-corrected chi connectivity index (χ3v) is 6.51. The van der Waals surface area contributed by atoms with Gasteiger partial charge in [0.25, 0.3) is 0 Å². The van der Waals surface area contributed by atoms with Crippen LogP contribution in [0.4, 0.5) is 11.5 Å². The smallest absolute Gasteiger partial charge is 0.163 e. The lowest BCUT2D eigenvalue weighted by Gasteiger charge is -2.34. The SMILES string of the molecule is CC.CCOC(CCN1CCc2c(Cl)nc(-c3ccc(N4CCN(C)CC4)cc3)nc21)OCC. The van der Waals surface area contributed by atoms with E-state index in [-0.39, 0.29) is 6.29 Å². The molecule has 188 valence electrons. The van der Waals surface area contributed by atoms with Crippen molar-refractivity contribution in [2.24, 2.45) is 0 Å². The lowest BCUT2D eigenvalue weighted by Crippen LogP contribution is -2.44. The zero-order valence-electron chi connectivity index (χ0n) is 21.4. The monoisotopic (exact) mass is 489 g/mol. The van der Waals surface area contributed by atoms with Crippen molar-refractivity contribution in [1.82, 2.24) is 14.9 Å². The van der Waals surface area contributed by atoms with Crippen molar-refractivity contribution in [2.75, 3.05) is 69.3 Å². The Morgan fingerprint density at radius 1 is 0.941 bits per heavy atom. The van der Waals surface area contributed by atoms with Gasteiger partial charge >= 0.3 is 0 Å². The van der Waals surface area contributed by atoms with Gasteiger partial charge < -0.3 is 24.2 Å². The maximum Gasteiger partial charge on any atom is 0.163 e. The molecule has 4 rings (SSSR count). The molecule has 0 unspecified atom stereocenters. The van der Waals surface area contributed by atoms with Crippen LogP contribution >= 0.6 is 11.6 Å². The van der Waals surface area contributed by atoms with Crippen LogP contribution in [0.5, 0.6) is 0 Å². The Morgan fingerprint density at radius 3 is 2.21 bits per heavy atom.